The van der Waals surface area contributed by atoms with E-state index >= 15 is 0 Å². The first-order valence-electron chi connectivity index (χ1n) is 7.60. The van der Waals surface area contributed by atoms with Crippen LogP contribution in [0.4, 0.5) is 5.69 Å². The quantitative estimate of drug-likeness (QED) is 0.712. The molecule has 0 spiro atoms. The summed E-state index contributed by atoms with van der Waals surface area (Å²) in [5.74, 6) is -2.01. The van der Waals surface area contributed by atoms with E-state index in [4.69, 9.17) is 0 Å². The minimum atomic E-state index is -3.21. The second-order valence-electron chi connectivity index (χ2n) is 6.12. The number of fused-ring (bicyclic) bond motifs is 1. The van der Waals surface area contributed by atoms with E-state index in [0.29, 0.717) is 0 Å². The Hall–Kier alpha value is -2.42. The van der Waals surface area contributed by atoms with Crippen molar-refractivity contribution in [2.24, 2.45) is 5.92 Å². The molecule has 25 heavy (non-hydrogen) atoms. The third-order valence-electron chi connectivity index (χ3n) is 4.51. The number of ether oxygens (including phenoxy) is 2. The molecule has 0 bridgehead atoms. The van der Waals surface area contributed by atoms with Gasteiger partial charge in [0.2, 0.25) is 5.91 Å². The number of anilines is 1. The number of amides is 1. The number of sulfone groups is 1. The maximum absolute atomic E-state index is 12.4. The summed E-state index contributed by atoms with van der Waals surface area (Å²) in [4.78, 5) is 37.5. The van der Waals surface area contributed by atoms with Crippen LogP contribution in [0.2, 0.25) is 0 Å². The minimum Gasteiger partial charge on any atom is -0.465 e. The van der Waals surface area contributed by atoms with Crippen molar-refractivity contribution >= 4 is 33.4 Å². The number of hydrogen-bond donors (Lipinski definition) is 0. The zero-order valence-electron chi connectivity index (χ0n) is 13.7. The Kier molecular flexibility index (Phi) is 4.28. The lowest BCUT2D eigenvalue weighted by Crippen LogP contribution is -2.36. The average molecular weight is 367 g/mol. The van der Waals surface area contributed by atoms with Crippen LogP contribution in [0.25, 0.3) is 0 Å². The van der Waals surface area contributed by atoms with E-state index in [1.54, 1.807) is 0 Å². The van der Waals surface area contributed by atoms with Crippen LogP contribution in [0.1, 0.15) is 27.1 Å². The van der Waals surface area contributed by atoms with Crippen molar-refractivity contribution in [3.05, 3.63) is 29.3 Å². The first-order chi connectivity index (χ1) is 11.8. The van der Waals surface area contributed by atoms with Crippen molar-refractivity contribution in [1.29, 1.82) is 0 Å². The fourth-order valence-electron chi connectivity index (χ4n) is 3.45. The number of hydrogen-bond acceptors (Lipinski definition) is 7. The molecule has 2 saturated heterocycles. The van der Waals surface area contributed by atoms with Gasteiger partial charge in [0.25, 0.3) is 0 Å². The molecule has 0 radical (unpaired) electrons. The molecule has 0 N–H and O–H groups in total. The van der Waals surface area contributed by atoms with Gasteiger partial charge in [0.1, 0.15) is 0 Å². The molecular formula is C16H17NO7S. The van der Waals surface area contributed by atoms with Gasteiger partial charge in [-0.1, -0.05) is 0 Å². The van der Waals surface area contributed by atoms with Gasteiger partial charge >= 0.3 is 11.9 Å². The SMILES string of the molecule is COC(=O)c1cc(C(=O)OC)cc(N2C(=O)CC3CS(=O)(=O)CC32)c1. The Balaban J connectivity index is 2.07. The zero-order valence-corrected chi connectivity index (χ0v) is 14.5. The van der Waals surface area contributed by atoms with Gasteiger partial charge in [-0.25, -0.2) is 18.0 Å². The normalized spacial score (nSPS) is 24.1. The molecule has 2 heterocycles. The lowest BCUT2D eigenvalue weighted by atomic mass is 10.0. The van der Waals surface area contributed by atoms with E-state index in [1.807, 2.05) is 0 Å². The Morgan fingerprint density at radius 1 is 1.04 bits per heavy atom. The van der Waals surface area contributed by atoms with Gasteiger partial charge in [0.05, 0.1) is 42.9 Å². The predicted octanol–water partition coefficient (Wildman–Crippen LogP) is 0.410. The molecule has 134 valence electrons. The van der Waals surface area contributed by atoms with E-state index < -0.39 is 27.8 Å². The number of carbonyl (C=O) groups excluding carboxylic acids is 3. The average Bonchev–Trinajstić information content (AvgIpc) is 3.02. The molecule has 2 atom stereocenters. The number of nitrogens with zero attached hydrogens (tertiary/aromatic N) is 1. The largest absolute Gasteiger partial charge is 0.465 e. The summed E-state index contributed by atoms with van der Waals surface area (Å²) in [5, 5.41) is 0. The Bertz CT molecular complexity index is 827. The maximum Gasteiger partial charge on any atom is 0.337 e. The number of carbonyl (C=O) groups is 3. The van der Waals surface area contributed by atoms with Crippen LogP contribution in [-0.4, -0.2) is 58.0 Å². The fourth-order valence-corrected chi connectivity index (χ4v) is 5.52. The van der Waals surface area contributed by atoms with Gasteiger partial charge < -0.3 is 14.4 Å². The molecule has 1 aromatic rings. The highest BCUT2D eigenvalue weighted by atomic mass is 32.2. The second-order valence-corrected chi connectivity index (χ2v) is 8.28. The van der Waals surface area contributed by atoms with Crippen molar-refractivity contribution in [1.82, 2.24) is 0 Å². The zero-order chi connectivity index (χ0) is 18.4. The van der Waals surface area contributed by atoms with Crippen molar-refractivity contribution in [2.45, 2.75) is 12.5 Å². The molecule has 2 aliphatic rings. The monoisotopic (exact) mass is 367 g/mol. The molecule has 0 aromatic heterocycles. The molecule has 1 amide bonds. The Morgan fingerprint density at radius 2 is 1.60 bits per heavy atom. The number of benzene rings is 1. The van der Waals surface area contributed by atoms with Crippen LogP contribution in [0.3, 0.4) is 0 Å². The molecule has 1 aromatic carbocycles. The van der Waals surface area contributed by atoms with Crippen molar-refractivity contribution in [2.75, 3.05) is 30.6 Å². The van der Waals surface area contributed by atoms with Crippen molar-refractivity contribution in [3.63, 3.8) is 0 Å². The summed E-state index contributed by atoms with van der Waals surface area (Å²) < 4.78 is 33.1. The lowest BCUT2D eigenvalue weighted by molar-refractivity contribution is -0.117. The van der Waals surface area contributed by atoms with Crippen LogP contribution < -0.4 is 4.90 Å². The summed E-state index contributed by atoms with van der Waals surface area (Å²) >= 11 is 0. The smallest absolute Gasteiger partial charge is 0.337 e. The third-order valence-corrected chi connectivity index (χ3v) is 6.30. The molecule has 0 aliphatic carbocycles. The van der Waals surface area contributed by atoms with E-state index in [0.717, 1.165) is 0 Å². The summed E-state index contributed by atoms with van der Waals surface area (Å²) in [7, 11) is -0.806. The van der Waals surface area contributed by atoms with Gasteiger partial charge in [0, 0.05) is 18.0 Å². The number of esters is 2. The molecule has 0 saturated carbocycles. The minimum absolute atomic E-state index is 0.0273. The molecular weight excluding hydrogens is 350 g/mol. The summed E-state index contributed by atoms with van der Waals surface area (Å²) in [6, 6.07) is 3.66. The van der Waals surface area contributed by atoms with E-state index in [-0.39, 0.29) is 46.6 Å². The van der Waals surface area contributed by atoms with Crippen LogP contribution in [-0.2, 0) is 24.1 Å². The summed E-state index contributed by atoms with van der Waals surface area (Å²) in [5.41, 5.74) is 0.452. The molecule has 8 nitrogen and oxygen atoms in total. The Morgan fingerprint density at radius 3 is 2.12 bits per heavy atom. The molecule has 2 aliphatic heterocycles. The first-order valence-corrected chi connectivity index (χ1v) is 9.42. The van der Waals surface area contributed by atoms with Gasteiger partial charge in [-0.2, -0.15) is 0 Å². The van der Waals surface area contributed by atoms with Crippen molar-refractivity contribution < 1.29 is 32.3 Å². The maximum atomic E-state index is 12.4. The third kappa shape index (κ3) is 3.11. The number of rotatable bonds is 3. The molecule has 2 unspecified atom stereocenters. The van der Waals surface area contributed by atoms with Crippen molar-refractivity contribution in [3.8, 4) is 0 Å². The molecule has 9 heteroatoms. The van der Waals surface area contributed by atoms with Gasteiger partial charge in [-0.15, -0.1) is 0 Å². The van der Waals surface area contributed by atoms with E-state index in [1.165, 1.54) is 37.3 Å². The first kappa shape index (κ1) is 17.4. The summed E-state index contributed by atoms with van der Waals surface area (Å²) in [6.07, 6.45) is 0.125. The van der Waals surface area contributed by atoms with E-state index in [9.17, 15) is 22.8 Å². The Labute approximate surface area is 144 Å². The topological polar surface area (TPSA) is 107 Å². The second kappa shape index (κ2) is 6.14. The molecule has 3 rings (SSSR count). The van der Waals surface area contributed by atoms with Crippen LogP contribution in [0.5, 0.6) is 0 Å². The highest BCUT2D eigenvalue weighted by molar-refractivity contribution is 7.91. The standard InChI is InChI=1S/C16H17NO7S/c1-23-15(19)9-3-10(16(20)24-2)5-12(4-9)17-13-8-25(21,22)7-11(13)6-14(17)18/h3-5,11,13H,6-8H2,1-2H3. The van der Waals surface area contributed by atoms with Gasteiger partial charge in [-0.05, 0) is 18.2 Å². The fraction of sp³-hybridized carbons (Fsp3) is 0.438. The van der Waals surface area contributed by atoms with Crippen LogP contribution >= 0.6 is 0 Å². The summed E-state index contributed by atoms with van der Waals surface area (Å²) in [6.45, 7) is 0. The lowest BCUT2D eigenvalue weighted by Gasteiger charge is -2.24. The number of methoxy groups -OCH3 is 2. The van der Waals surface area contributed by atoms with Gasteiger partial charge in [0.15, 0.2) is 9.84 Å². The van der Waals surface area contributed by atoms with E-state index in [2.05, 4.69) is 9.47 Å². The highest BCUT2D eigenvalue weighted by Crippen LogP contribution is 2.37. The predicted molar refractivity (Wildman–Crippen MR) is 87.2 cm³/mol. The van der Waals surface area contributed by atoms with Crippen LogP contribution in [0, 0.1) is 5.92 Å². The van der Waals surface area contributed by atoms with Gasteiger partial charge in [-0.3, -0.25) is 4.79 Å². The molecule has 2 fully saturated rings. The van der Waals surface area contributed by atoms with Crippen LogP contribution in [0.15, 0.2) is 18.2 Å². The highest BCUT2D eigenvalue weighted by Gasteiger charge is 2.49.